The van der Waals surface area contributed by atoms with Crippen LogP contribution >= 0.6 is 0 Å². The van der Waals surface area contributed by atoms with Crippen LogP contribution in [0.5, 0.6) is 0 Å². The highest BCUT2D eigenvalue weighted by molar-refractivity contribution is 5.80. The van der Waals surface area contributed by atoms with E-state index in [2.05, 4.69) is 0 Å². The van der Waals surface area contributed by atoms with Crippen LogP contribution in [0.15, 0.2) is 0 Å². The van der Waals surface area contributed by atoms with Gasteiger partial charge in [0.1, 0.15) is 5.54 Å². The smallest absolute Gasteiger partial charge is 0.323 e. The van der Waals surface area contributed by atoms with Crippen LogP contribution in [0.4, 0.5) is 0 Å². The number of rotatable bonds is 6. The molecular weight excluding hydrogens is 198 g/mol. The lowest BCUT2D eigenvalue weighted by Crippen LogP contribution is -2.47. The van der Waals surface area contributed by atoms with Crippen LogP contribution in [-0.2, 0) is 14.3 Å². The van der Waals surface area contributed by atoms with E-state index < -0.39 is 17.4 Å². The Kier molecular flexibility index (Phi) is 5.28. The predicted octanol–water partition coefficient (Wildman–Crippen LogP) is 0.768. The second kappa shape index (κ2) is 5.70. The average Bonchev–Trinajstić information content (AvgIpc) is 2.14. The van der Waals surface area contributed by atoms with Crippen LogP contribution in [0.2, 0.25) is 0 Å². The fourth-order valence-electron chi connectivity index (χ4n) is 1.25. The van der Waals surface area contributed by atoms with Crippen molar-refractivity contribution < 1.29 is 19.4 Å². The molecule has 88 valence electrons. The van der Waals surface area contributed by atoms with Gasteiger partial charge in [-0.1, -0.05) is 6.92 Å². The Bertz CT molecular complexity index is 238. The summed E-state index contributed by atoms with van der Waals surface area (Å²) in [6, 6.07) is 0. The van der Waals surface area contributed by atoms with Crippen molar-refractivity contribution in [2.75, 3.05) is 6.61 Å². The van der Waals surface area contributed by atoms with E-state index in [1.54, 1.807) is 13.8 Å². The van der Waals surface area contributed by atoms with Gasteiger partial charge in [0.25, 0.3) is 0 Å². The van der Waals surface area contributed by atoms with Gasteiger partial charge in [-0.05, 0) is 26.7 Å². The molecular formula is C10H19NO4. The topological polar surface area (TPSA) is 89.6 Å². The molecule has 0 bridgehead atoms. The van der Waals surface area contributed by atoms with Crippen molar-refractivity contribution in [1.29, 1.82) is 0 Å². The molecule has 3 N–H and O–H groups in total. The molecule has 0 aliphatic carbocycles. The van der Waals surface area contributed by atoms with Gasteiger partial charge in [0.15, 0.2) is 0 Å². The molecule has 0 spiro atoms. The maximum absolute atomic E-state index is 11.4. The standard InChI is InChI=1S/C10H19NO4/c1-4-7(8(12)15-5-2)6-10(3,11)9(13)14/h7H,4-6,11H2,1-3H3,(H,13,14). The predicted molar refractivity (Wildman–Crippen MR) is 55.3 cm³/mol. The molecule has 5 heteroatoms. The van der Waals surface area contributed by atoms with E-state index in [1.165, 1.54) is 6.92 Å². The maximum atomic E-state index is 11.4. The molecule has 0 aromatic heterocycles. The first-order chi connectivity index (χ1) is 6.85. The summed E-state index contributed by atoms with van der Waals surface area (Å²) in [5, 5.41) is 8.82. The number of ether oxygens (including phenoxy) is 1. The number of carbonyl (C=O) groups excluding carboxylic acids is 1. The number of nitrogens with two attached hydrogens (primary N) is 1. The molecule has 0 saturated heterocycles. The monoisotopic (exact) mass is 217 g/mol. The minimum Gasteiger partial charge on any atom is -0.480 e. The third kappa shape index (κ3) is 4.29. The van der Waals surface area contributed by atoms with Crippen LogP contribution in [-0.4, -0.2) is 29.2 Å². The third-order valence-electron chi connectivity index (χ3n) is 2.27. The summed E-state index contributed by atoms with van der Waals surface area (Å²) in [5.41, 5.74) is 4.18. The molecule has 0 aromatic carbocycles. The molecule has 0 saturated carbocycles. The van der Waals surface area contributed by atoms with Crippen molar-refractivity contribution in [2.24, 2.45) is 11.7 Å². The minimum atomic E-state index is -1.38. The molecule has 0 aromatic rings. The van der Waals surface area contributed by atoms with E-state index in [-0.39, 0.29) is 12.4 Å². The Balaban J connectivity index is 4.45. The van der Waals surface area contributed by atoms with Gasteiger partial charge in [-0.25, -0.2) is 0 Å². The molecule has 15 heavy (non-hydrogen) atoms. The van der Waals surface area contributed by atoms with Crippen molar-refractivity contribution in [3.05, 3.63) is 0 Å². The second-order valence-corrected chi connectivity index (χ2v) is 3.78. The Morgan fingerprint density at radius 1 is 1.47 bits per heavy atom. The quantitative estimate of drug-likeness (QED) is 0.641. The molecule has 0 amide bonds. The highest BCUT2D eigenvalue weighted by Gasteiger charge is 2.34. The molecule has 0 heterocycles. The maximum Gasteiger partial charge on any atom is 0.323 e. The molecule has 0 rings (SSSR count). The van der Waals surface area contributed by atoms with Crippen molar-refractivity contribution >= 4 is 11.9 Å². The highest BCUT2D eigenvalue weighted by atomic mass is 16.5. The normalized spacial score (nSPS) is 16.5. The van der Waals surface area contributed by atoms with Gasteiger partial charge in [-0.2, -0.15) is 0 Å². The minimum absolute atomic E-state index is 0.0949. The van der Waals surface area contributed by atoms with Gasteiger partial charge in [0, 0.05) is 0 Å². The summed E-state index contributed by atoms with van der Waals surface area (Å²) in [7, 11) is 0. The number of carbonyl (C=O) groups is 2. The van der Waals surface area contributed by atoms with Crippen LogP contribution in [0.3, 0.4) is 0 Å². The zero-order chi connectivity index (χ0) is 12.1. The van der Waals surface area contributed by atoms with E-state index in [0.717, 1.165) is 0 Å². The molecule has 0 radical (unpaired) electrons. The van der Waals surface area contributed by atoms with Gasteiger partial charge in [-0.3, -0.25) is 9.59 Å². The fraction of sp³-hybridized carbons (Fsp3) is 0.800. The van der Waals surface area contributed by atoms with Crippen molar-refractivity contribution in [3.8, 4) is 0 Å². The second-order valence-electron chi connectivity index (χ2n) is 3.78. The lowest BCUT2D eigenvalue weighted by Gasteiger charge is -2.23. The van der Waals surface area contributed by atoms with Crippen molar-refractivity contribution in [1.82, 2.24) is 0 Å². The molecule has 0 aliphatic heterocycles. The Morgan fingerprint density at radius 3 is 2.33 bits per heavy atom. The first-order valence-corrected chi connectivity index (χ1v) is 5.04. The molecule has 2 atom stereocenters. The van der Waals surface area contributed by atoms with Crippen molar-refractivity contribution in [3.63, 3.8) is 0 Å². The number of hydrogen-bond donors (Lipinski definition) is 2. The lowest BCUT2D eigenvalue weighted by atomic mass is 9.88. The summed E-state index contributed by atoms with van der Waals surface area (Å²) < 4.78 is 4.83. The van der Waals surface area contributed by atoms with E-state index >= 15 is 0 Å². The van der Waals surface area contributed by atoms with Gasteiger partial charge in [0.2, 0.25) is 0 Å². The average molecular weight is 217 g/mol. The van der Waals surface area contributed by atoms with Crippen LogP contribution < -0.4 is 5.73 Å². The lowest BCUT2D eigenvalue weighted by molar-refractivity contribution is -0.150. The molecule has 5 nitrogen and oxygen atoms in total. The molecule has 0 fully saturated rings. The Morgan fingerprint density at radius 2 is 2.00 bits per heavy atom. The highest BCUT2D eigenvalue weighted by Crippen LogP contribution is 2.19. The van der Waals surface area contributed by atoms with Gasteiger partial charge in [-0.15, -0.1) is 0 Å². The van der Waals surface area contributed by atoms with E-state index in [4.69, 9.17) is 15.6 Å². The molecule has 0 aliphatic rings. The zero-order valence-corrected chi connectivity index (χ0v) is 9.45. The SMILES string of the molecule is CCOC(=O)C(CC)CC(C)(N)C(=O)O. The van der Waals surface area contributed by atoms with Gasteiger partial charge < -0.3 is 15.6 Å². The summed E-state index contributed by atoms with van der Waals surface area (Å²) in [4.78, 5) is 22.2. The number of aliphatic carboxylic acids is 1. The first-order valence-electron chi connectivity index (χ1n) is 5.04. The van der Waals surface area contributed by atoms with E-state index in [9.17, 15) is 9.59 Å². The largest absolute Gasteiger partial charge is 0.480 e. The van der Waals surface area contributed by atoms with E-state index in [1.807, 2.05) is 0 Å². The van der Waals surface area contributed by atoms with Crippen molar-refractivity contribution in [2.45, 2.75) is 39.2 Å². The third-order valence-corrected chi connectivity index (χ3v) is 2.27. The zero-order valence-electron chi connectivity index (χ0n) is 9.45. The number of hydrogen-bond acceptors (Lipinski definition) is 4. The summed E-state index contributed by atoms with van der Waals surface area (Å²) in [6.07, 6.45) is 0.622. The van der Waals surface area contributed by atoms with Crippen LogP contribution in [0.25, 0.3) is 0 Å². The summed E-state index contributed by atoms with van der Waals surface area (Å²) in [6.45, 7) is 5.21. The first kappa shape index (κ1) is 13.9. The van der Waals surface area contributed by atoms with Crippen LogP contribution in [0.1, 0.15) is 33.6 Å². The van der Waals surface area contributed by atoms with Crippen LogP contribution in [0, 0.1) is 5.92 Å². The van der Waals surface area contributed by atoms with Gasteiger partial charge in [0.05, 0.1) is 12.5 Å². The Hall–Kier alpha value is -1.10. The molecule has 2 unspecified atom stereocenters. The number of carboxylic acids is 1. The number of esters is 1. The Labute approximate surface area is 89.6 Å². The van der Waals surface area contributed by atoms with Gasteiger partial charge >= 0.3 is 11.9 Å². The fourth-order valence-corrected chi connectivity index (χ4v) is 1.25. The summed E-state index contributed by atoms with van der Waals surface area (Å²) in [5.74, 6) is -1.93. The summed E-state index contributed by atoms with van der Waals surface area (Å²) >= 11 is 0. The number of carboxylic acid groups (broad SMARTS) is 1. The van der Waals surface area contributed by atoms with E-state index in [0.29, 0.717) is 13.0 Å².